The topological polar surface area (TPSA) is 102 Å². The van der Waals surface area contributed by atoms with Crippen molar-refractivity contribution >= 4 is 11.8 Å². The van der Waals surface area contributed by atoms with Crippen LogP contribution in [-0.2, 0) is 17.8 Å². The number of amides is 2. The van der Waals surface area contributed by atoms with E-state index < -0.39 is 0 Å². The lowest BCUT2D eigenvalue weighted by Gasteiger charge is -2.24. The van der Waals surface area contributed by atoms with Crippen molar-refractivity contribution in [3.05, 3.63) is 89.3 Å². The van der Waals surface area contributed by atoms with Crippen LogP contribution in [0.1, 0.15) is 32.9 Å². The summed E-state index contributed by atoms with van der Waals surface area (Å²) in [6.07, 6.45) is 5.58. The fraction of sp³-hybridized carbons (Fsp3) is 0.286. The van der Waals surface area contributed by atoms with Crippen LogP contribution in [0.25, 0.3) is 11.1 Å². The van der Waals surface area contributed by atoms with Gasteiger partial charge in [-0.25, -0.2) is 4.98 Å². The summed E-state index contributed by atoms with van der Waals surface area (Å²) in [4.78, 5) is 31.6. The van der Waals surface area contributed by atoms with Gasteiger partial charge in [0.25, 0.3) is 5.91 Å². The van der Waals surface area contributed by atoms with Crippen molar-refractivity contribution in [2.24, 2.45) is 0 Å². The van der Waals surface area contributed by atoms with Crippen molar-refractivity contribution in [3.63, 3.8) is 0 Å². The van der Waals surface area contributed by atoms with Crippen LogP contribution >= 0.6 is 0 Å². The number of carbonyl (C=O) groups is 2. The number of hydrogen-bond acceptors (Lipinski definition) is 6. The van der Waals surface area contributed by atoms with Gasteiger partial charge in [-0.3, -0.25) is 9.59 Å². The Morgan fingerprint density at radius 3 is 2.78 bits per heavy atom. The van der Waals surface area contributed by atoms with Gasteiger partial charge in [-0.1, -0.05) is 23.4 Å². The first-order valence-electron chi connectivity index (χ1n) is 12.3. The first-order chi connectivity index (χ1) is 18.0. The lowest BCUT2D eigenvalue weighted by molar-refractivity contribution is -0.132. The predicted octanol–water partition coefficient (Wildman–Crippen LogP) is 3.40. The van der Waals surface area contributed by atoms with Crippen LogP contribution in [0.3, 0.4) is 0 Å². The number of aromatic nitrogens is 3. The molecule has 4 aromatic rings. The number of nitrogens with one attached hydrogen (secondary N) is 1. The van der Waals surface area contributed by atoms with Gasteiger partial charge in [0.05, 0.1) is 18.6 Å². The number of benzene rings is 2. The molecule has 1 aliphatic heterocycles. The number of imidazole rings is 1. The third-order valence-corrected chi connectivity index (χ3v) is 6.48. The monoisotopic (exact) mass is 499 g/mol. The van der Waals surface area contributed by atoms with Gasteiger partial charge in [-0.2, -0.15) is 0 Å². The quantitative estimate of drug-likeness (QED) is 0.464. The molecule has 37 heavy (non-hydrogen) atoms. The molecule has 0 unspecified atom stereocenters. The van der Waals surface area contributed by atoms with E-state index in [4.69, 9.17) is 9.26 Å². The van der Waals surface area contributed by atoms with Crippen molar-refractivity contribution in [1.82, 2.24) is 24.9 Å². The van der Waals surface area contributed by atoms with Crippen molar-refractivity contribution < 1.29 is 18.8 Å². The highest BCUT2D eigenvalue weighted by Crippen LogP contribution is 2.32. The third kappa shape index (κ3) is 5.55. The van der Waals surface area contributed by atoms with E-state index in [2.05, 4.69) is 21.5 Å². The van der Waals surface area contributed by atoms with E-state index in [1.54, 1.807) is 34.3 Å². The van der Waals surface area contributed by atoms with Gasteiger partial charge >= 0.3 is 0 Å². The van der Waals surface area contributed by atoms with E-state index in [0.717, 1.165) is 39.5 Å². The van der Waals surface area contributed by atoms with E-state index in [-0.39, 0.29) is 18.4 Å². The average molecular weight is 500 g/mol. The largest absolute Gasteiger partial charge is 0.491 e. The molecule has 0 fully saturated rings. The number of rotatable bonds is 3. The molecule has 3 heterocycles. The Kier molecular flexibility index (Phi) is 7.02. The Morgan fingerprint density at radius 2 is 2.00 bits per heavy atom. The molecule has 2 amide bonds. The van der Waals surface area contributed by atoms with E-state index in [0.29, 0.717) is 38.2 Å². The van der Waals surface area contributed by atoms with Crippen LogP contribution in [-0.4, -0.2) is 57.7 Å². The third-order valence-electron chi connectivity index (χ3n) is 6.48. The fourth-order valence-corrected chi connectivity index (χ4v) is 4.62. The number of hydrogen-bond donors (Lipinski definition) is 1. The summed E-state index contributed by atoms with van der Waals surface area (Å²) in [5, 5.41) is 7.03. The molecule has 0 spiro atoms. The summed E-state index contributed by atoms with van der Waals surface area (Å²) >= 11 is 0. The average Bonchev–Trinajstić information content (AvgIpc) is 3.52. The van der Waals surface area contributed by atoms with Crippen LogP contribution in [0, 0.1) is 13.8 Å². The Labute approximate surface area is 215 Å². The Bertz CT molecular complexity index is 1390. The highest BCUT2D eigenvalue weighted by molar-refractivity contribution is 5.94. The molecule has 9 heteroatoms. The molecule has 0 radical (unpaired) electrons. The predicted molar refractivity (Wildman–Crippen MR) is 137 cm³/mol. The standard InChI is InChI=1S/C28H29N5O4/c1-19-27(20(2)37-31-19)22-6-7-25-24(16-22)15-21-4-3-5-23(14-21)28(35)30-9-11-33(12-13-36-25)26(34)17-32-10-8-29-18-32/h3-8,10,14,16,18H,9,11-13,15,17H2,1-2H3,(H,30,35). The van der Waals surface area contributed by atoms with Crippen molar-refractivity contribution in [1.29, 1.82) is 0 Å². The number of fused-ring (bicyclic) bond motifs is 3. The van der Waals surface area contributed by atoms with Gasteiger partial charge in [0.1, 0.15) is 24.7 Å². The Morgan fingerprint density at radius 1 is 1.11 bits per heavy atom. The summed E-state index contributed by atoms with van der Waals surface area (Å²) in [6, 6.07) is 13.6. The molecule has 2 aromatic carbocycles. The van der Waals surface area contributed by atoms with Crippen molar-refractivity contribution in [2.45, 2.75) is 26.8 Å². The fourth-order valence-electron chi connectivity index (χ4n) is 4.62. The first kappa shape index (κ1) is 24.3. The zero-order chi connectivity index (χ0) is 25.8. The molecule has 9 nitrogen and oxygen atoms in total. The summed E-state index contributed by atoms with van der Waals surface area (Å²) in [5.41, 5.74) is 5.34. The molecule has 5 rings (SSSR count). The van der Waals surface area contributed by atoms with E-state index in [1.165, 1.54) is 0 Å². The summed E-state index contributed by atoms with van der Waals surface area (Å²) in [5.74, 6) is 1.26. The Hall–Kier alpha value is -4.40. The zero-order valence-corrected chi connectivity index (χ0v) is 20.9. The van der Waals surface area contributed by atoms with E-state index in [9.17, 15) is 9.59 Å². The van der Waals surface area contributed by atoms with Crippen LogP contribution in [0.15, 0.2) is 65.7 Å². The van der Waals surface area contributed by atoms with Gasteiger partial charge in [0, 0.05) is 43.0 Å². The molecule has 0 atom stereocenters. The molecule has 2 aromatic heterocycles. The summed E-state index contributed by atoms with van der Waals surface area (Å²) < 4.78 is 13.3. The van der Waals surface area contributed by atoms with Crippen LogP contribution in [0.4, 0.5) is 0 Å². The molecule has 2 bridgehead atoms. The van der Waals surface area contributed by atoms with Gasteiger partial charge in [0.15, 0.2) is 0 Å². The molecule has 0 saturated heterocycles. The van der Waals surface area contributed by atoms with Crippen LogP contribution < -0.4 is 10.1 Å². The zero-order valence-electron chi connectivity index (χ0n) is 20.9. The maximum Gasteiger partial charge on any atom is 0.251 e. The highest BCUT2D eigenvalue weighted by atomic mass is 16.5. The van der Waals surface area contributed by atoms with Gasteiger partial charge in [0.2, 0.25) is 5.91 Å². The molecular formula is C28H29N5O4. The highest BCUT2D eigenvalue weighted by Gasteiger charge is 2.18. The normalized spacial score (nSPS) is 14.3. The van der Waals surface area contributed by atoms with Gasteiger partial charge in [-0.15, -0.1) is 0 Å². The second-order valence-electron chi connectivity index (χ2n) is 9.12. The molecule has 0 saturated carbocycles. The smallest absolute Gasteiger partial charge is 0.251 e. The van der Waals surface area contributed by atoms with E-state index in [1.807, 2.05) is 44.2 Å². The second kappa shape index (κ2) is 10.7. The number of carbonyl (C=O) groups excluding carboxylic acids is 2. The number of ether oxygens (including phenoxy) is 1. The van der Waals surface area contributed by atoms with Crippen molar-refractivity contribution in [3.8, 4) is 16.9 Å². The molecule has 1 N–H and O–H groups in total. The first-order valence-corrected chi connectivity index (χ1v) is 12.3. The SMILES string of the molecule is Cc1noc(C)c1-c1ccc2c(c1)Cc1cccc(c1)C(=O)NCCN(C(=O)Cn1ccnc1)CCO2. The van der Waals surface area contributed by atoms with E-state index >= 15 is 0 Å². The van der Waals surface area contributed by atoms with Crippen molar-refractivity contribution in [2.75, 3.05) is 26.2 Å². The minimum atomic E-state index is -0.165. The summed E-state index contributed by atoms with van der Waals surface area (Å²) in [7, 11) is 0. The maximum absolute atomic E-state index is 13.0. The molecular weight excluding hydrogens is 470 g/mol. The maximum atomic E-state index is 13.0. The summed E-state index contributed by atoms with van der Waals surface area (Å²) in [6.45, 7) is 5.42. The van der Waals surface area contributed by atoms with Gasteiger partial charge in [-0.05, 0) is 54.8 Å². The lowest BCUT2D eigenvalue weighted by atomic mass is 9.96. The van der Waals surface area contributed by atoms with Crippen LogP contribution in [0.5, 0.6) is 5.75 Å². The van der Waals surface area contributed by atoms with Crippen LogP contribution in [0.2, 0.25) is 0 Å². The second-order valence-corrected chi connectivity index (χ2v) is 9.12. The Balaban J connectivity index is 1.46. The number of aryl methyl sites for hydroxylation is 2. The number of nitrogens with zero attached hydrogens (tertiary/aromatic N) is 4. The minimum absolute atomic E-state index is 0.0704. The molecule has 0 aliphatic carbocycles. The lowest BCUT2D eigenvalue weighted by Crippen LogP contribution is -2.42. The molecule has 190 valence electrons. The van der Waals surface area contributed by atoms with Gasteiger partial charge < -0.3 is 24.0 Å². The minimum Gasteiger partial charge on any atom is -0.491 e. The molecule has 1 aliphatic rings.